The second kappa shape index (κ2) is 2.71. The molecule has 0 radical (unpaired) electrons. The molecule has 2 aliphatic rings. The summed E-state index contributed by atoms with van der Waals surface area (Å²) in [7, 11) is 1.46. The van der Waals surface area contributed by atoms with Crippen LogP contribution in [-0.4, -0.2) is 19.6 Å². The molecule has 2 N–H and O–H groups in total. The summed E-state index contributed by atoms with van der Waals surface area (Å²) in [4.78, 5) is 11.6. The second-order valence-electron chi connectivity index (χ2n) is 4.44. The lowest BCUT2D eigenvalue weighted by Gasteiger charge is -2.17. The largest absolute Gasteiger partial charge is 0.469 e. The van der Waals surface area contributed by atoms with Crippen LogP contribution in [0.25, 0.3) is 0 Å². The van der Waals surface area contributed by atoms with Gasteiger partial charge in [0.2, 0.25) is 0 Å². The van der Waals surface area contributed by atoms with E-state index in [1.165, 1.54) is 32.8 Å². The van der Waals surface area contributed by atoms with E-state index in [1.807, 2.05) is 0 Å². The van der Waals surface area contributed by atoms with Crippen molar-refractivity contribution < 1.29 is 9.53 Å². The molecule has 0 heterocycles. The predicted octanol–water partition coefficient (Wildman–Crippen LogP) is 1.07. The van der Waals surface area contributed by atoms with Crippen LogP contribution in [0.2, 0.25) is 0 Å². The van der Waals surface area contributed by atoms with Gasteiger partial charge in [-0.1, -0.05) is 12.8 Å². The van der Waals surface area contributed by atoms with E-state index >= 15 is 0 Å². The first-order valence-electron chi connectivity index (χ1n) is 4.99. The zero-order chi connectivity index (χ0) is 9.53. The maximum absolute atomic E-state index is 11.6. The summed E-state index contributed by atoms with van der Waals surface area (Å²) in [6.45, 7) is 0.458. The average Bonchev–Trinajstić information content (AvgIpc) is 2.52. The lowest BCUT2D eigenvalue weighted by molar-refractivity contribution is -0.148. The molecule has 13 heavy (non-hydrogen) atoms. The Bertz CT molecular complexity index is 233. The summed E-state index contributed by atoms with van der Waals surface area (Å²) in [5.41, 5.74) is 5.62. The minimum Gasteiger partial charge on any atom is -0.469 e. The maximum atomic E-state index is 11.6. The molecule has 2 saturated carbocycles. The monoisotopic (exact) mass is 183 g/mol. The number of rotatable bonds is 2. The fraction of sp³-hybridized carbons (Fsp3) is 0.900. The molecule has 1 spiro atoms. The van der Waals surface area contributed by atoms with Gasteiger partial charge in [0.1, 0.15) is 0 Å². The van der Waals surface area contributed by atoms with Crippen molar-refractivity contribution in [3.63, 3.8) is 0 Å². The first kappa shape index (κ1) is 9.00. The summed E-state index contributed by atoms with van der Waals surface area (Å²) >= 11 is 0. The molecule has 1 atom stereocenters. The quantitative estimate of drug-likeness (QED) is 0.651. The predicted molar refractivity (Wildman–Crippen MR) is 49.0 cm³/mol. The summed E-state index contributed by atoms with van der Waals surface area (Å²) in [5, 5.41) is 0. The van der Waals surface area contributed by atoms with E-state index in [2.05, 4.69) is 0 Å². The number of hydrogen-bond acceptors (Lipinski definition) is 3. The highest BCUT2D eigenvalue weighted by Gasteiger charge is 2.71. The van der Waals surface area contributed by atoms with E-state index in [0.29, 0.717) is 6.54 Å². The van der Waals surface area contributed by atoms with Gasteiger partial charge in [-0.15, -0.1) is 0 Å². The Morgan fingerprint density at radius 1 is 1.46 bits per heavy atom. The van der Waals surface area contributed by atoms with Gasteiger partial charge in [0.25, 0.3) is 0 Å². The Morgan fingerprint density at radius 3 is 2.54 bits per heavy atom. The van der Waals surface area contributed by atoms with Crippen LogP contribution in [0.1, 0.15) is 32.1 Å². The molecule has 0 amide bonds. The van der Waals surface area contributed by atoms with Crippen LogP contribution in [0.15, 0.2) is 0 Å². The molecule has 0 bridgehead atoms. The lowest BCUT2D eigenvalue weighted by Crippen LogP contribution is -2.31. The van der Waals surface area contributed by atoms with E-state index in [0.717, 1.165) is 6.42 Å². The number of ether oxygens (including phenoxy) is 1. The highest BCUT2D eigenvalue weighted by atomic mass is 16.5. The van der Waals surface area contributed by atoms with Gasteiger partial charge in [-0.25, -0.2) is 0 Å². The average molecular weight is 183 g/mol. The molecule has 3 heteroatoms. The molecule has 2 rings (SSSR count). The van der Waals surface area contributed by atoms with Crippen molar-refractivity contribution in [2.24, 2.45) is 16.6 Å². The molecule has 0 aromatic carbocycles. The number of nitrogens with two attached hydrogens (primary N) is 1. The maximum Gasteiger partial charge on any atom is 0.313 e. The topological polar surface area (TPSA) is 52.3 Å². The Balaban J connectivity index is 2.17. The molecule has 3 nitrogen and oxygen atoms in total. The van der Waals surface area contributed by atoms with Crippen molar-refractivity contribution in [1.29, 1.82) is 0 Å². The zero-order valence-corrected chi connectivity index (χ0v) is 8.14. The standard InChI is InChI=1S/C10H17NO2/c1-13-8(12)10(7-11)6-9(10)4-2-3-5-9/h2-7,11H2,1H3/t10-/m1/s1. The van der Waals surface area contributed by atoms with Gasteiger partial charge in [-0.2, -0.15) is 0 Å². The van der Waals surface area contributed by atoms with Crippen LogP contribution in [0.5, 0.6) is 0 Å². The van der Waals surface area contributed by atoms with Crippen LogP contribution < -0.4 is 5.73 Å². The number of esters is 1. The second-order valence-corrected chi connectivity index (χ2v) is 4.44. The first-order valence-corrected chi connectivity index (χ1v) is 4.99. The summed E-state index contributed by atoms with van der Waals surface area (Å²) < 4.78 is 4.84. The highest BCUT2D eigenvalue weighted by molar-refractivity contribution is 5.82. The van der Waals surface area contributed by atoms with Crippen LogP contribution in [-0.2, 0) is 9.53 Å². The van der Waals surface area contributed by atoms with Gasteiger partial charge in [0.15, 0.2) is 0 Å². The molecule has 0 aliphatic heterocycles. The van der Waals surface area contributed by atoms with Gasteiger partial charge < -0.3 is 10.5 Å². The Kier molecular flexibility index (Phi) is 1.88. The SMILES string of the molecule is COC(=O)[C@]1(CN)CC12CCCC2. The minimum atomic E-state index is -0.307. The Hall–Kier alpha value is -0.570. The van der Waals surface area contributed by atoms with Crippen molar-refractivity contribution in [3.8, 4) is 0 Å². The van der Waals surface area contributed by atoms with Crippen molar-refractivity contribution in [2.45, 2.75) is 32.1 Å². The van der Waals surface area contributed by atoms with E-state index in [-0.39, 0.29) is 16.8 Å². The molecule has 0 aromatic rings. The number of carbonyl (C=O) groups is 1. The third kappa shape index (κ3) is 0.966. The summed E-state index contributed by atoms with van der Waals surface area (Å²) in [5.74, 6) is -0.0862. The summed E-state index contributed by atoms with van der Waals surface area (Å²) in [6, 6.07) is 0. The Morgan fingerprint density at radius 2 is 2.08 bits per heavy atom. The number of methoxy groups -OCH3 is 1. The molecular weight excluding hydrogens is 166 g/mol. The van der Waals surface area contributed by atoms with Crippen LogP contribution >= 0.6 is 0 Å². The molecular formula is C10H17NO2. The molecule has 0 unspecified atom stereocenters. The minimum absolute atomic E-state index is 0.0862. The van der Waals surface area contributed by atoms with Crippen molar-refractivity contribution in [2.75, 3.05) is 13.7 Å². The van der Waals surface area contributed by atoms with Crippen molar-refractivity contribution in [1.82, 2.24) is 0 Å². The normalized spacial score (nSPS) is 34.9. The summed E-state index contributed by atoms with van der Waals surface area (Å²) in [6.07, 6.45) is 5.79. The first-order chi connectivity index (χ1) is 6.21. The third-order valence-electron chi connectivity index (χ3n) is 4.02. The van der Waals surface area contributed by atoms with Crippen LogP contribution in [0.3, 0.4) is 0 Å². The van der Waals surface area contributed by atoms with Gasteiger partial charge in [0.05, 0.1) is 12.5 Å². The zero-order valence-electron chi connectivity index (χ0n) is 8.14. The van der Waals surface area contributed by atoms with Gasteiger partial charge in [0, 0.05) is 6.54 Å². The number of carbonyl (C=O) groups excluding carboxylic acids is 1. The molecule has 0 aromatic heterocycles. The van der Waals surface area contributed by atoms with Crippen molar-refractivity contribution >= 4 is 5.97 Å². The lowest BCUT2D eigenvalue weighted by atomic mass is 9.91. The highest BCUT2D eigenvalue weighted by Crippen LogP contribution is 2.71. The van der Waals surface area contributed by atoms with Gasteiger partial charge >= 0.3 is 5.97 Å². The fourth-order valence-electron chi connectivity index (χ4n) is 3.10. The molecule has 2 fully saturated rings. The van der Waals surface area contributed by atoms with Gasteiger partial charge in [-0.3, -0.25) is 4.79 Å². The van der Waals surface area contributed by atoms with Crippen molar-refractivity contribution in [3.05, 3.63) is 0 Å². The fourth-order valence-corrected chi connectivity index (χ4v) is 3.10. The molecule has 2 aliphatic carbocycles. The van der Waals surface area contributed by atoms with Crippen LogP contribution in [0.4, 0.5) is 0 Å². The van der Waals surface area contributed by atoms with E-state index in [4.69, 9.17) is 10.5 Å². The molecule has 0 saturated heterocycles. The molecule has 74 valence electrons. The third-order valence-corrected chi connectivity index (χ3v) is 4.02. The van der Waals surface area contributed by atoms with E-state index in [9.17, 15) is 4.79 Å². The van der Waals surface area contributed by atoms with Gasteiger partial charge in [-0.05, 0) is 24.7 Å². The van der Waals surface area contributed by atoms with E-state index in [1.54, 1.807) is 0 Å². The smallest absolute Gasteiger partial charge is 0.313 e. The Labute approximate surface area is 78.6 Å². The number of hydrogen-bond donors (Lipinski definition) is 1. The van der Waals surface area contributed by atoms with E-state index < -0.39 is 0 Å². The van der Waals surface area contributed by atoms with Crippen LogP contribution in [0, 0.1) is 10.8 Å².